The number of hydrogen-bond acceptors (Lipinski definition) is 4. The third kappa shape index (κ3) is 6.06. The molecule has 1 N–H and O–H groups in total. The van der Waals surface area contributed by atoms with Crippen molar-refractivity contribution in [1.29, 1.82) is 0 Å². The van der Waals surface area contributed by atoms with Crippen molar-refractivity contribution in [2.24, 2.45) is 0 Å². The van der Waals surface area contributed by atoms with Crippen LogP contribution in [0.5, 0.6) is 5.75 Å². The van der Waals surface area contributed by atoms with E-state index in [0.29, 0.717) is 30.9 Å². The van der Waals surface area contributed by atoms with Crippen LogP contribution in [0.15, 0.2) is 53.4 Å². The molecular formula is C23H32N2O4S. The molecule has 6 nitrogen and oxygen atoms in total. The minimum atomic E-state index is -3.54. The quantitative estimate of drug-likeness (QED) is 0.563. The molecule has 1 amide bonds. The van der Waals surface area contributed by atoms with Crippen molar-refractivity contribution in [2.45, 2.75) is 58.0 Å². The van der Waals surface area contributed by atoms with Gasteiger partial charge in [0.25, 0.3) is 5.91 Å². The van der Waals surface area contributed by atoms with Gasteiger partial charge >= 0.3 is 0 Å². The maximum absolute atomic E-state index is 12.9. The van der Waals surface area contributed by atoms with Crippen LogP contribution in [0, 0.1) is 6.92 Å². The van der Waals surface area contributed by atoms with Crippen LogP contribution >= 0.6 is 0 Å². The van der Waals surface area contributed by atoms with Gasteiger partial charge in [0.2, 0.25) is 10.0 Å². The van der Waals surface area contributed by atoms with Gasteiger partial charge in [-0.05, 0) is 62.1 Å². The Balaban J connectivity index is 2.10. The Bertz CT molecular complexity index is 920. The molecule has 30 heavy (non-hydrogen) atoms. The largest absolute Gasteiger partial charge is 0.480 e. The van der Waals surface area contributed by atoms with E-state index in [0.717, 1.165) is 18.4 Å². The summed E-state index contributed by atoms with van der Waals surface area (Å²) < 4.78 is 33.1. The first kappa shape index (κ1) is 23.9. The second kappa shape index (κ2) is 11.1. The minimum Gasteiger partial charge on any atom is -0.480 e. The van der Waals surface area contributed by atoms with Gasteiger partial charge in [0.15, 0.2) is 6.10 Å². The Morgan fingerprint density at radius 1 is 1.00 bits per heavy atom. The predicted octanol–water partition coefficient (Wildman–Crippen LogP) is 4.60. The zero-order chi connectivity index (χ0) is 22.1. The molecule has 0 spiro atoms. The van der Waals surface area contributed by atoms with Crippen LogP contribution in [-0.2, 0) is 14.8 Å². The Hall–Kier alpha value is -2.38. The number of nitrogens with one attached hydrogen (secondary N) is 1. The molecule has 164 valence electrons. The molecule has 2 aromatic rings. The topological polar surface area (TPSA) is 75.7 Å². The Labute approximate surface area is 180 Å². The Kier molecular flexibility index (Phi) is 8.87. The van der Waals surface area contributed by atoms with Gasteiger partial charge in [0.1, 0.15) is 5.75 Å². The molecule has 0 bridgehead atoms. The van der Waals surface area contributed by atoms with Crippen molar-refractivity contribution in [2.75, 3.05) is 18.4 Å². The van der Waals surface area contributed by atoms with Crippen molar-refractivity contribution < 1.29 is 17.9 Å². The Morgan fingerprint density at radius 3 is 2.13 bits per heavy atom. The van der Waals surface area contributed by atoms with Crippen LogP contribution in [0.2, 0.25) is 0 Å². The van der Waals surface area contributed by atoms with Crippen molar-refractivity contribution in [3.05, 3.63) is 54.1 Å². The zero-order valence-electron chi connectivity index (χ0n) is 18.2. The summed E-state index contributed by atoms with van der Waals surface area (Å²) in [5, 5.41) is 2.82. The second-order valence-corrected chi connectivity index (χ2v) is 9.14. The highest BCUT2D eigenvalue weighted by molar-refractivity contribution is 7.89. The number of sulfonamides is 1. The summed E-state index contributed by atoms with van der Waals surface area (Å²) in [4.78, 5) is 12.9. The number of amides is 1. The number of para-hydroxylation sites is 1. The number of nitrogens with zero attached hydrogens (tertiary/aromatic N) is 1. The minimum absolute atomic E-state index is 0.227. The third-order valence-electron chi connectivity index (χ3n) is 4.73. The molecule has 2 aromatic carbocycles. The predicted molar refractivity (Wildman–Crippen MR) is 120 cm³/mol. The van der Waals surface area contributed by atoms with Crippen molar-refractivity contribution >= 4 is 21.6 Å². The second-order valence-electron chi connectivity index (χ2n) is 7.20. The van der Waals surface area contributed by atoms with Gasteiger partial charge < -0.3 is 10.1 Å². The van der Waals surface area contributed by atoms with E-state index in [-0.39, 0.29) is 10.8 Å². The first-order chi connectivity index (χ1) is 14.3. The summed E-state index contributed by atoms with van der Waals surface area (Å²) in [5.41, 5.74) is 1.49. The molecule has 0 radical (unpaired) electrons. The summed E-state index contributed by atoms with van der Waals surface area (Å²) in [6.07, 6.45) is 1.38. The molecule has 0 saturated carbocycles. The highest BCUT2D eigenvalue weighted by Gasteiger charge is 2.23. The van der Waals surface area contributed by atoms with E-state index in [1.807, 2.05) is 52.0 Å². The van der Waals surface area contributed by atoms with Crippen LogP contribution in [0.4, 0.5) is 5.69 Å². The van der Waals surface area contributed by atoms with Crippen molar-refractivity contribution in [3.8, 4) is 5.75 Å². The van der Waals surface area contributed by atoms with Gasteiger partial charge in [-0.1, -0.05) is 39.0 Å². The molecule has 0 fully saturated rings. The normalized spacial score (nSPS) is 12.6. The molecule has 0 saturated heterocycles. The molecule has 0 aliphatic rings. The number of hydrogen-bond donors (Lipinski definition) is 1. The first-order valence-corrected chi connectivity index (χ1v) is 11.9. The van der Waals surface area contributed by atoms with Crippen LogP contribution < -0.4 is 10.1 Å². The van der Waals surface area contributed by atoms with Crippen molar-refractivity contribution in [3.63, 3.8) is 0 Å². The smallest absolute Gasteiger partial charge is 0.265 e. The van der Waals surface area contributed by atoms with Gasteiger partial charge in [0.05, 0.1) is 4.90 Å². The highest BCUT2D eigenvalue weighted by atomic mass is 32.2. The monoisotopic (exact) mass is 432 g/mol. The fourth-order valence-corrected chi connectivity index (χ4v) is 4.72. The van der Waals surface area contributed by atoms with E-state index in [1.54, 1.807) is 12.1 Å². The average Bonchev–Trinajstić information content (AvgIpc) is 2.73. The van der Waals surface area contributed by atoms with E-state index in [1.165, 1.54) is 16.4 Å². The summed E-state index contributed by atoms with van der Waals surface area (Å²) in [7, 11) is -3.54. The number of carbonyl (C=O) groups is 1. The number of aryl methyl sites for hydroxylation is 1. The molecule has 2 rings (SSSR count). The van der Waals surface area contributed by atoms with Gasteiger partial charge in [-0.3, -0.25) is 4.79 Å². The molecule has 0 aliphatic heterocycles. The lowest BCUT2D eigenvalue weighted by Crippen LogP contribution is -2.33. The maximum Gasteiger partial charge on any atom is 0.265 e. The number of ether oxygens (including phenoxy) is 1. The van der Waals surface area contributed by atoms with E-state index in [4.69, 9.17) is 4.74 Å². The number of benzene rings is 2. The van der Waals surface area contributed by atoms with Crippen LogP contribution in [-0.4, -0.2) is 37.8 Å². The van der Waals surface area contributed by atoms with Gasteiger partial charge in [-0.25, -0.2) is 8.42 Å². The standard InChI is InChI=1S/C23H32N2O4S/c1-5-16-25(17-6-2)30(27,28)20-14-12-19(13-15-20)24-23(26)21(7-3)29-22-11-9-8-10-18(22)4/h8-15,21H,5-7,16-17H2,1-4H3,(H,24,26). The van der Waals surface area contributed by atoms with E-state index < -0.39 is 16.1 Å². The Morgan fingerprint density at radius 2 is 1.60 bits per heavy atom. The lowest BCUT2D eigenvalue weighted by molar-refractivity contribution is -0.122. The van der Waals surface area contributed by atoms with E-state index in [2.05, 4.69) is 5.32 Å². The van der Waals surface area contributed by atoms with Crippen LogP contribution in [0.25, 0.3) is 0 Å². The summed E-state index contributed by atoms with van der Waals surface area (Å²) >= 11 is 0. The lowest BCUT2D eigenvalue weighted by atomic mass is 10.2. The van der Waals surface area contributed by atoms with Crippen LogP contribution in [0.1, 0.15) is 45.6 Å². The molecular weight excluding hydrogens is 400 g/mol. The van der Waals surface area contributed by atoms with Crippen molar-refractivity contribution in [1.82, 2.24) is 4.31 Å². The highest BCUT2D eigenvalue weighted by Crippen LogP contribution is 2.21. The van der Waals surface area contributed by atoms with E-state index >= 15 is 0 Å². The number of anilines is 1. The fourth-order valence-electron chi connectivity index (χ4n) is 3.10. The summed E-state index contributed by atoms with van der Waals surface area (Å²) in [5.74, 6) is 0.405. The summed E-state index contributed by atoms with van der Waals surface area (Å²) in [6, 6.07) is 13.8. The lowest BCUT2D eigenvalue weighted by Gasteiger charge is -2.21. The average molecular weight is 433 g/mol. The maximum atomic E-state index is 12.9. The number of rotatable bonds is 11. The summed E-state index contributed by atoms with van der Waals surface area (Å²) in [6.45, 7) is 8.71. The van der Waals surface area contributed by atoms with Gasteiger partial charge in [-0.15, -0.1) is 0 Å². The molecule has 0 aliphatic carbocycles. The molecule has 1 atom stereocenters. The van der Waals surface area contributed by atoms with Gasteiger partial charge in [-0.2, -0.15) is 4.31 Å². The molecule has 1 unspecified atom stereocenters. The molecule has 0 heterocycles. The fraction of sp³-hybridized carbons (Fsp3) is 0.435. The number of carbonyl (C=O) groups excluding carboxylic acids is 1. The zero-order valence-corrected chi connectivity index (χ0v) is 19.0. The molecule has 7 heteroatoms. The SMILES string of the molecule is CCCN(CCC)S(=O)(=O)c1ccc(NC(=O)C(CC)Oc2ccccc2C)cc1. The van der Waals surface area contributed by atoms with Crippen LogP contribution in [0.3, 0.4) is 0 Å². The van der Waals surface area contributed by atoms with E-state index in [9.17, 15) is 13.2 Å². The van der Waals surface area contributed by atoms with Gasteiger partial charge in [0, 0.05) is 18.8 Å². The molecule has 0 aromatic heterocycles. The first-order valence-electron chi connectivity index (χ1n) is 10.5. The third-order valence-corrected chi connectivity index (χ3v) is 6.64.